The second-order valence-electron chi connectivity index (χ2n) is 1.40. The molecule has 0 saturated carbocycles. The summed E-state index contributed by atoms with van der Waals surface area (Å²) in [4.78, 5) is 48.3. The van der Waals surface area contributed by atoms with Crippen molar-refractivity contribution in [2.75, 3.05) is 0 Å². The van der Waals surface area contributed by atoms with Crippen LogP contribution >= 0.6 is 0 Å². The molecule has 9 heteroatoms. The fraction of sp³-hybridized carbons (Fsp3) is 0. The fourth-order valence-electron chi connectivity index (χ4n) is 0.225. The van der Waals surface area contributed by atoms with Crippen LogP contribution in [0.4, 0.5) is 0 Å². The average Bonchev–Trinajstić information content (AvgIpc) is 1.14. The lowest BCUT2D eigenvalue weighted by Crippen LogP contribution is -2.66. The molecule has 0 radical (unpaired) electrons. The topological polar surface area (TPSA) is 133 Å². The Bertz CT molecular complexity index is 76.2. The Balaban J connectivity index is 3.75. The molecular weight excluding hydrogens is 166 g/mol. The van der Waals surface area contributed by atoms with Gasteiger partial charge in [0.2, 0.25) is 0 Å². The Kier molecular flexibility index (Phi) is 2.45. The third-order valence-corrected chi connectivity index (χ3v) is 3.02. The highest BCUT2D eigenvalue weighted by atomic mass is 28.5. The van der Waals surface area contributed by atoms with Gasteiger partial charge in [-0.2, -0.15) is 0 Å². The van der Waals surface area contributed by atoms with Crippen molar-refractivity contribution in [3.05, 3.63) is 0 Å². The zero-order valence-electron chi connectivity index (χ0n) is 4.18. The Morgan fingerprint density at radius 1 is 0.667 bits per heavy atom. The van der Waals surface area contributed by atoms with Crippen molar-refractivity contribution in [2.45, 2.75) is 0 Å². The first-order chi connectivity index (χ1) is 3.71. The first-order valence-electron chi connectivity index (χ1n) is 1.84. The highest BCUT2D eigenvalue weighted by molar-refractivity contribution is 6.71. The minimum Gasteiger partial charge on any atom is -0.378 e. The molecule has 7 N–H and O–H groups in total. The highest BCUT2D eigenvalue weighted by Gasteiger charge is 2.42. The van der Waals surface area contributed by atoms with E-state index in [1.165, 1.54) is 0 Å². The van der Waals surface area contributed by atoms with Crippen LogP contribution in [0, 0.1) is 0 Å². The van der Waals surface area contributed by atoms with Crippen molar-refractivity contribution in [1.29, 1.82) is 0 Å². The zero-order chi connectivity index (χ0) is 7.71. The van der Waals surface area contributed by atoms with Crippen LogP contribution in [0.15, 0.2) is 0 Å². The molecule has 0 amide bonds. The van der Waals surface area contributed by atoms with Gasteiger partial charge in [-0.3, -0.25) is 0 Å². The van der Waals surface area contributed by atoms with E-state index in [9.17, 15) is 0 Å². The molecule has 0 aromatic carbocycles. The zero-order valence-corrected chi connectivity index (χ0v) is 6.18. The van der Waals surface area contributed by atoms with Gasteiger partial charge in [-0.25, -0.2) is 4.65 Å². The molecule has 0 heterocycles. The van der Waals surface area contributed by atoms with Crippen molar-refractivity contribution in [1.82, 2.24) is 4.65 Å². The summed E-state index contributed by atoms with van der Waals surface area (Å²) in [7, 11) is -9.46. The van der Waals surface area contributed by atoms with E-state index in [-0.39, 0.29) is 0 Å². The van der Waals surface area contributed by atoms with E-state index in [4.69, 9.17) is 28.8 Å². The molecule has 0 rings (SSSR count). The third kappa shape index (κ3) is 8.15. The van der Waals surface area contributed by atoms with Gasteiger partial charge in [-0.1, -0.05) is 0 Å². The summed E-state index contributed by atoms with van der Waals surface area (Å²) >= 11 is 0. The second kappa shape index (κ2) is 2.41. The molecule has 56 valence electrons. The van der Waals surface area contributed by atoms with Crippen LogP contribution in [0.25, 0.3) is 0 Å². The van der Waals surface area contributed by atoms with E-state index in [0.717, 1.165) is 4.65 Å². The predicted molar refractivity (Wildman–Crippen MR) is 28.0 cm³/mol. The third-order valence-electron chi connectivity index (χ3n) is 0.335. The standard InChI is InChI=1S/H7NO6Si2/c2-8(3,4)1-9(5,6)7/h1-7H. The van der Waals surface area contributed by atoms with E-state index in [1.807, 2.05) is 0 Å². The van der Waals surface area contributed by atoms with Gasteiger partial charge in [-0.05, 0) is 0 Å². The van der Waals surface area contributed by atoms with Crippen LogP contribution < -0.4 is 4.65 Å². The van der Waals surface area contributed by atoms with Crippen molar-refractivity contribution < 1.29 is 28.8 Å². The van der Waals surface area contributed by atoms with Gasteiger partial charge in [-0.15, -0.1) is 0 Å². The molecule has 0 saturated heterocycles. The molecule has 0 bridgehead atoms. The van der Waals surface area contributed by atoms with Crippen molar-refractivity contribution in [3.63, 3.8) is 0 Å². The quantitative estimate of drug-likeness (QED) is 0.209. The summed E-state index contributed by atoms with van der Waals surface area (Å²) in [5, 5.41) is 0. The summed E-state index contributed by atoms with van der Waals surface area (Å²) < 4.78 is 1.07. The summed E-state index contributed by atoms with van der Waals surface area (Å²) in [5.74, 6) is 0. The molecule has 0 fully saturated rings. The van der Waals surface area contributed by atoms with Gasteiger partial charge >= 0.3 is 17.9 Å². The SMILES string of the molecule is O[Si](O)(O)N[Si](O)(O)O. The molecule has 0 aromatic rings. The predicted octanol–water partition coefficient (Wildman–Crippen LogP) is -4.60. The monoisotopic (exact) mass is 173 g/mol. The van der Waals surface area contributed by atoms with Gasteiger partial charge in [0, 0.05) is 0 Å². The summed E-state index contributed by atoms with van der Waals surface area (Å²) in [5.41, 5.74) is 0. The maximum absolute atomic E-state index is 8.05. The largest absolute Gasteiger partial charge is 0.587 e. The fourth-order valence-corrected chi connectivity index (χ4v) is 2.03. The number of hydrogen-bond donors (Lipinski definition) is 7. The summed E-state index contributed by atoms with van der Waals surface area (Å²) in [6, 6.07) is 0. The minimum atomic E-state index is -4.73. The smallest absolute Gasteiger partial charge is 0.378 e. The Morgan fingerprint density at radius 3 is 0.889 bits per heavy atom. The van der Waals surface area contributed by atoms with E-state index in [0.29, 0.717) is 0 Å². The normalized spacial score (nSPS) is 14.0. The average molecular weight is 173 g/mol. The van der Waals surface area contributed by atoms with E-state index < -0.39 is 17.9 Å². The van der Waals surface area contributed by atoms with Crippen LogP contribution in [-0.4, -0.2) is 46.7 Å². The molecule has 0 atom stereocenters. The van der Waals surface area contributed by atoms with Crippen molar-refractivity contribution in [3.8, 4) is 0 Å². The molecule has 9 heavy (non-hydrogen) atoms. The lowest BCUT2D eigenvalue weighted by atomic mass is 13.9. The van der Waals surface area contributed by atoms with Crippen LogP contribution in [0.5, 0.6) is 0 Å². The molecule has 0 spiro atoms. The molecule has 0 aliphatic carbocycles. The van der Waals surface area contributed by atoms with Crippen LogP contribution in [0.3, 0.4) is 0 Å². The molecule has 0 unspecified atom stereocenters. The maximum Gasteiger partial charge on any atom is 0.587 e. The first-order valence-corrected chi connectivity index (χ1v) is 5.52. The molecule has 7 nitrogen and oxygen atoms in total. The van der Waals surface area contributed by atoms with Gasteiger partial charge < -0.3 is 28.8 Å². The van der Waals surface area contributed by atoms with Gasteiger partial charge in [0.05, 0.1) is 0 Å². The number of rotatable bonds is 2. The molecular formula is H7NO6Si2. The van der Waals surface area contributed by atoms with E-state index in [1.54, 1.807) is 0 Å². The number of hydrogen-bond acceptors (Lipinski definition) is 7. The van der Waals surface area contributed by atoms with Gasteiger partial charge in [0.25, 0.3) is 0 Å². The highest BCUT2D eigenvalue weighted by Crippen LogP contribution is 1.83. The Morgan fingerprint density at radius 2 is 0.889 bits per heavy atom. The molecule has 0 aliphatic rings. The molecule has 0 aromatic heterocycles. The van der Waals surface area contributed by atoms with Crippen LogP contribution in [-0.2, 0) is 0 Å². The van der Waals surface area contributed by atoms with E-state index >= 15 is 0 Å². The van der Waals surface area contributed by atoms with Crippen LogP contribution in [0.1, 0.15) is 0 Å². The first kappa shape index (κ1) is 9.15. The van der Waals surface area contributed by atoms with Crippen molar-refractivity contribution in [2.24, 2.45) is 0 Å². The maximum atomic E-state index is 8.05. The van der Waals surface area contributed by atoms with Crippen molar-refractivity contribution >= 4 is 17.9 Å². The number of nitrogens with one attached hydrogen (secondary N) is 1. The Hall–Kier alpha value is 0.154. The lowest BCUT2D eigenvalue weighted by molar-refractivity contribution is 0.174. The summed E-state index contributed by atoms with van der Waals surface area (Å²) in [6.07, 6.45) is 0. The molecule has 0 aliphatic heterocycles. The lowest BCUT2D eigenvalue weighted by Gasteiger charge is -2.14. The van der Waals surface area contributed by atoms with Gasteiger partial charge in [0.1, 0.15) is 0 Å². The van der Waals surface area contributed by atoms with Gasteiger partial charge in [0.15, 0.2) is 0 Å². The minimum absolute atomic E-state index is 1.07. The van der Waals surface area contributed by atoms with Crippen LogP contribution in [0.2, 0.25) is 0 Å². The second-order valence-corrected chi connectivity index (χ2v) is 4.94. The Labute approximate surface area is 52.4 Å². The van der Waals surface area contributed by atoms with E-state index in [2.05, 4.69) is 0 Å². The summed E-state index contributed by atoms with van der Waals surface area (Å²) in [6.45, 7) is 0.